The highest BCUT2D eigenvalue weighted by Gasteiger charge is 2.30. The normalized spacial score (nSPS) is 13.6. The van der Waals surface area contributed by atoms with Gasteiger partial charge in [-0.15, -0.1) is 0 Å². The number of nitrogens with zero attached hydrogens (tertiary/aromatic N) is 4. The number of allylic oxidation sites excluding steroid dienone is 1. The first-order valence-electron chi connectivity index (χ1n) is 12.1. The molecule has 0 bridgehead atoms. The van der Waals surface area contributed by atoms with Crippen LogP contribution in [0.25, 0.3) is 6.08 Å². The average Bonchev–Trinajstić information content (AvgIpc) is 3.16. The third-order valence-corrected chi connectivity index (χ3v) is 6.49. The number of hydrogen-bond donors (Lipinski definition) is 3. The molecule has 0 fully saturated rings. The molecular weight excluding hydrogens is 430 g/mol. The summed E-state index contributed by atoms with van der Waals surface area (Å²) in [6.45, 7) is 18.4. The van der Waals surface area contributed by atoms with Crippen LogP contribution in [-0.2, 0) is 16.9 Å². The van der Waals surface area contributed by atoms with Crippen LogP contribution in [0.15, 0.2) is 5.76 Å². The summed E-state index contributed by atoms with van der Waals surface area (Å²) in [5, 5.41) is 28.3. The molecule has 0 saturated carbocycles. The Kier molecular flexibility index (Phi) is 9.14. The van der Waals surface area contributed by atoms with Crippen LogP contribution in [0.1, 0.15) is 80.2 Å². The number of carbonyl (C=O) groups excluding carboxylic acids is 1. The first-order valence-corrected chi connectivity index (χ1v) is 12.1. The summed E-state index contributed by atoms with van der Waals surface area (Å²) in [6.07, 6.45) is 4.61. The number of unbranched alkanes of at least 4 members (excludes halogenated alkanes) is 1. The number of rotatable bonds is 11. The molecule has 190 valence electrons. The zero-order valence-electron chi connectivity index (χ0n) is 22.4. The van der Waals surface area contributed by atoms with Crippen molar-refractivity contribution in [1.82, 2.24) is 24.8 Å². The monoisotopic (exact) mass is 473 g/mol. The molecule has 0 aliphatic heterocycles. The largest absolute Gasteiger partial charge is 0.511 e. The first kappa shape index (κ1) is 27.7. The Labute approximate surface area is 204 Å². The molecule has 1 unspecified atom stereocenters. The summed E-state index contributed by atoms with van der Waals surface area (Å²) in [7, 11) is 2.05. The molecule has 3 N–H and O–H groups in total. The van der Waals surface area contributed by atoms with E-state index >= 15 is 0 Å². The third-order valence-electron chi connectivity index (χ3n) is 6.49. The highest BCUT2D eigenvalue weighted by Crippen LogP contribution is 2.36. The van der Waals surface area contributed by atoms with Gasteiger partial charge >= 0.3 is 0 Å². The number of aldehydes is 1. The van der Waals surface area contributed by atoms with E-state index in [-0.39, 0.29) is 11.6 Å². The number of nitrogens with one attached hydrogen (secondary N) is 1. The van der Waals surface area contributed by atoms with E-state index in [9.17, 15) is 15.0 Å². The molecule has 2 aromatic rings. The Morgan fingerprint density at radius 3 is 2.38 bits per heavy atom. The second-order valence-electron chi connectivity index (χ2n) is 10.1. The number of aliphatic hydroxyl groups is 1. The number of aromatic nitrogens is 3. The molecular formula is C26H43N5O3. The summed E-state index contributed by atoms with van der Waals surface area (Å²) in [5.41, 5.74) is 7.91. The van der Waals surface area contributed by atoms with Crippen LogP contribution in [-0.4, -0.2) is 56.0 Å². The van der Waals surface area contributed by atoms with Crippen LogP contribution in [0.4, 0.5) is 0 Å². The summed E-state index contributed by atoms with van der Waals surface area (Å²) in [4.78, 5) is 12.1. The highest BCUT2D eigenvalue weighted by molar-refractivity contribution is 5.73. The maximum Gasteiger partial charge on any atom is 0.214 e. The van der Waals surface area contributed by atoms with Crippen molar-refractivity contribution in [3.63, 3.8) is 0 Å². The minimum atomic E-state index is -0.993. The van der Waals surface area contributed by atoms with E-state index in [0.29, 0.717) is 17.5 Å². The van der Waals surface area contributed by atoms with Crippen molar-refractivity contribution in [2.75, 3.05) is 20.1 Å². The van der Waals surface area contributed by atoms with Gasteiger partial charge in [0.1, 0.15) is 18.0 Å². The van der Waals surface area contributed by atoms with Crippen LogP contribution in [0.2, 0.25) is 0 Å². The number of carbonyl (C=O) groups is 1. The van der Waals surface area contributed by atoms with Gasteiger partial charge in [-0.05, 0) is 66.5 Å². The average molecular weight is 474 g/mol. The molecule has 0 aromatic carbocycles. The molecule has 34 heavy (non-hydrogen) atoms. The van der Waals surface area contributed by atoms with Gasteiger partial charge in [0.25, 0.3) is 0 Å². The van der Waals surface area contributed by atoms with Crippen molar-refractivity contribution in [3.05, 3.63) is 39.5 Å². The van der Waals surface area contributed by atoms with Gasteiger partial charge in [-0.1, -0.05) is 13.3 Å². The second-order valence-corrected chi connectivity index (χ2v) is 10.1. The Balaban J connectivity index is 2.35. The van der Waals surface area contributed by atoms with Crippen LogP contribution in [0.5, 0.6) is 5.88 Å². The fraction of sp³-hybridized carbons (Fsp3) is 0.615. The predicted octanol–water partition coefficient (Wildman–Crippen LogP) is 4.50. The maximum absolute atomic E-state index is 12.1. The molecule has 2 aromatic heterocycles. The van der Waals surface area contributed by atoms with Crippen LogP contribution >= 0.6 is 0 Å². The standard InChI is InChI=1S/C26H43N5O3/c1-10-11-12-27-29(9)13-14-30-19(4)17(2)21(20(30)5)15-23(33)22(16-32)24-18(3)28-31(25(24)34)26(6,7)8/h15-16,22,27,33-34H,10-14H2,1-9H3/b23-15-. The van der Waals surface area contributed by atoms with Gasteiger partial charge in [-0.2, -0.15) is 5.10 Å². The van der Waals surface area contributed by atoms with Crippen molar-refractivity contribution in [1.29, 1.82) is 0 Å². The lowest BCUT2D eigenvalue weighted by molar-refractivity contribution is -0.108. The minimum absolute atomic E-state index is 0.0946. The highest BCUT2D eigenvalue weighted by atomic mass is 16.3. The smallest absolute Gasteiger partial charge is 0.214 e. The van der Waals surface area contributed by atoms with E-state index in [2.05, 4.69) is 33.9 Å². The van der Waals surface area contributed by atoms with Gasteiger partial charge < -0.3 is 19.6 Å². The SMILES string of the molecule is CCCCNN(C)CCn1c(C)c(C)c(/C=C(\O)C(C=O)c2c(C)nn(C(C)(C)C)c2O)c1C. The van der Waals surface area contributed by atoms with Crippen molar-refractivity contribution >= 4 is 12.4 Å². The van der Waals surface area contributed by atoms with Gasteiger partial charge in [0.05, 0.1) is 16.8 Å². The molecule has 8 nitrogen and oxygen atoms in total. The Morgan fingerprint density at radius 1 is 1.21 bits per heavy atom. The minimum Gasteiger partial charge on any atom is -0.511 e. The van der Waals surface area contributed by atoms with Crippen molar-refractivity contribution in [2.24, 2.45) is 0 Å². The molecule has 2 rings (SSSR count). The van der Waals surface area contributed by atoms with E-state index in [4.69, 9.17) is 0 Å². The van der Waals surface area contributed by atoms with E-state index in [1.165, 1.54) is 4.68 Å². The van der Waals surface area contributed by atoms with E-state index in [0.717, 1.165) is 55.0 Å². The molecule has 0 amide bonds. The summed E-state index contributed by atoms with van der Waals surface area (Å²) in [5.74, 6) is -1.20. The van der Waals surface area contributed by atoms with Crippen molar-refractivity contribution in [3.8, 4) is 5.88 Å². The summed E-state index contributed by atoms with van der Waals surface area (Å²) in [6, 6.07) is 0. The zero-order chi connectivity index (χ0) is 25.8. The topological polar surface area (TPSA) is 95.5 Å². The maximum atomic E-state index is 12.1. The van der Waals surface area contributed by atoms with Crippen LogP contribution < -0.4 is 5.43 Å². The Morgan fingerprint density at radius 2 is 1.85 bits per heavy atom. The fourth-order valence-electron chi connectivity index (χ4n) is 4.27. The van der Waals surface area contributed by atoms with Gasteiger partial charge in [0.15, 0.2) is 0 Å². The lowest BCUT2D eigenvalue weighted by Gasteiger charge is -2.20. The van der Waals surface area contributed by atoms with Crippen LogP contribution in [0, 0.1) is 27.7 Å². The Bertz CT molecular complexity index is 1030. The van der Waals surface area contributed by atoms with Gasteiger partial charge in [0, 0.05) is 43.6 Å². The van der Waals surface area contributed by atoms with E-state index < -0.39 is 11.5 Å². The molecule has 0 radical (unpaired) electrons. The number of aliphatic hydroxyl groups excluding tert-OH is 1. The molecule has 2 heterocycles. The number of likely N-dealkylation sites (N-methyl/N-ethyl adjacent to an activating group) is 1. The van der Waals surface area contributed by atoms with E-state index in [1.54, 1.807) is 13.0 Å². The number of aromatic hydroxyl groups is 1. The number of hydrazine groups is 1. The lowest BCUT2D eigenvalue weighted by Crippen LogP contribution is -2.37. The number of aryl methyl sites for hydroxylation is 1. The van der Waals surface area contributed by atoms with E-state index in [1.807, 2.05) is 41.7 Å². The second kappa shape index (κ2) is 11.2. The Hall–Kier alpha value is -2.58. The molecule has 1 atom stereocenters. The fourth-order valence-corrected chi connectivity index (χ4v) is 4.27. The molecule has 8 heteroatoms. The summed E-state index contributed by atoms with van der Waals surface area (Å²) >= 11 is 0. The van der Waals surface area contributed by atoms with Gasteiger partial charge in [-0.25, -0.2) is 9.69 Å². The first-order chi connectivity index (χ1) is 15.8. The molecule has 0 saturated heterocycles. The van der Waals surface area contributed by atoms with Crippen molar-refractivity contribution < 1.29 is 15.0 Å². The predicted molar refractivity (Wildman–Crippen MR) is 137 cm³/mol. The zero-order valence-corrected chi connectivity index (χ0v) is 22.4. The molecule has 0 aliphatic rings. The van der Waals surface area contributed by atoms with Gasteiger partial charge in [-0.3, -0.25) is 5.43 Å². The number of hydrogen-bond acceptors (Lipinski definition) is 6. The third kappa shape index (κ3) is 5.91. The van der Waals surface area contributed by atoms with Crippen molar-refractivity contribution in [2.45, 2.75) is 86.2 Å². The quantitative estimate of drug-likeness (QED) is 0.193. The molecule has 0 spiro atoms. The van der Waals surface area contributed by atoms with Crippen LogP contribution in [0.3, 0.4) is 0 Å². The summed E-state index contributed by atoms with van der Waals surface area (Å²) < 4.78 is 3.73. The van der Waals surface area contributed by atoms with Gasteiger partial charge in [0.2, 0.25) is 5.88 Å². The lowest BCUT2D eigenvalue weighted by atomic mass is 9.96. The molecule has 0 aliphatic carbocycles.